The van der Waals surface area contributed by atoms with Gasteiger partial charge in [-0.2, -0.15) is 0 Å². The van der Waals surface area contributed by atoms with Gasteiger partial charge in [-0.25, -0.2) is 4.98 Å². The number of fused-ring (bicyclic) bond motifs is 1. The number of rotatable bonds is 4. The predicted octanol–water partition coefficient (Wildman–Crippen LogP) is 1.96. The highest BCUT2D eigenvalue weighted by Crippen LogP contribution is 2.23. The second-order valence-electron chi connectivity index (χ2n) is 4.37. The highest BCUT2D eigenvalue weighted by Gasteiger charge is 2.14. The predicted molar refractivity (Wildman–Crippen MR) is 69.4 cm³/mol. The average molecular weight is 238 g/mol. The van der Waals surface area contributed by atoms with E-state index >= 15 is 0 Å². The van der Waals surface area contributed by atoms with E-state index in [1.807, 2.05) is 14.1 Å². The van der Waals surface area contributed by atoms with Gasteiger partial charge in [-0.1, -0.05) is 13.8 Å². The highest BCUT2D eigenvalue weighted by atomic mass is 32.1. The van der Waals surface area contributed by atoms with Crippen LogP contribution in [0.3, 0.4) is 0 Å². The summed E-state index contributed by atoms with van der Waals surface area (Å²) in [5.74, 6) is 1.06. The molecule has 0 aliphatic rings. The van der Waals surface area contributed by atoms with Gasteiger partial charge in [-0.15, -0.1) is 11.3 Å². The Balaban J connectivity index is 2.37. The molecule has 0 aromatic carbocycles. The van der Waals surface area contributed by atoms with Crippen molar-refractivity contribution in [3.05, 3.63) is 17.3 Å². The molecule has 0 saturated carbocycles. The molecule has 0 aliphatic carbocycles. The van der Waals surface area contributed by atoms with E-state index in [1.165, 1.54) is 5.69 Å². The van der Waals surface area contributed by atoms with E-state index in [-0.39, 0.29) is 0 Å². The van der Waals surface area contributed by atoms with Crippen molar-refractivity contribution in [2.45, 2.75) is 26.4 Å². The fraction of sp³-hybridized carbons (Fsp3) is 0.545. The van der Waals surface area contributed by atoms with Crippen molar-refractivity contribution in [1.29, 1.82) is 0 Å². The van der Waals surface area contributed by atoms with Crippen LogP contribution in [0.15, 0.2) is 11.6 Å². The SMILES string of the molecule is CC(C)NCc1c(N(C)C)nc2sccn12. The number of nitrogens with one attached hydrogen (secondary N) is 1. The lowest BCUT2D eigenvalue weighted by atomic mass is 10.3. The van der Waals surface area contributed by atoms with Crippen LogP contribution in [0.1, 0.15) is 19.5 Å². The van der Waals surface area contributed by atoms with Crippen molar-refractivity contribution in [3.8, 4) is 0 Å². The number of nitrogens with zero attached hydrogens (tertiary/aromatic N) is 3. The van der Waals surface area contributed by atoms with Crippen molar-refractivity contribution in [2.24, 2.45) is 0 Å². The lowest BCUT2D eigenvalue weighted by molar-refractivity contribution is 0.579. The number of imidazole rings is 1. The van der Waals surface area contributed by atoms with Crippen LogP contribution in [0.5, 0.6) is 0 Å². The summed E-state index contributed by atoms with van der Waals surface area (Å²) in [6.45, 7) is 5.16. The molecule has 1 N–H and O–H groups in total. The zero-order chi connectivity index (χ0) is 11.7. The summed E-state index contributed by atoms with van der Waals surface area (Å²) in [6.07, 6.45) is 2.08. The number of hydrogen-bond acceptors (Lipinski definition) is 4. The molecule has 0 saturated heterocycles. The number of anilines is 1. The molecule has 2 aromatic heterocycles. The van der Waals surface area contributed by atoms with Gasteiger partial charge in [0.2, 0.25) is 0 Å². The Bertz CT molecular complexity index is 469. The first-order chi connectivity index (χ1) is 7.59. The maximum absolute atomic E-state index is 4.62. The van der Waals surface area contributed by atoms with Crippen LogP contribution < -0.4 is 10.2 Å². The van der Waals surface area contributed by atoms with E-state index in [0.29, 0.717) is 6.04 Å². The lowest BCUT2D eigenvalue weighted by Gasteiger charge is -2.13. The van der Waals surface area contributed by atoms with Crippen molar-refractivity contribution >= 4 is 22.1 Å². The molecule has 88 valence electrons. The van der Waals surface area contributed by atoms with Gasteiger partial charge < -0.3 is 10.2 Å². The van der Waals surface area contributed by atoms with Crippen molar-refractivity contribution in [2.75, 3.05) is 19.0 Å². The molecule has 2 heterocycles. The minimum atomic E-state index is 0.485. The van der Waals surface area contributed by atoms with Gasteiger partial charge in [0, 0.05) is 38.3 Å². The molecule has 5 heteroatoms. The third-order valence-corrected chi connectivity index (χ3v) is 3.20. The van der Waals surface area contributed by atoms with E-state index in [9.17, 15) is 0 Å². The van der Waals surface area contributed by atoms with E-state index < -0.39 is 0 Å². The van der Waals surface area contributed by atoms with E-state index in [1.54, 1.807) is 11.3 Å². The largest absolute Gasteiger partial charge is 0.361 e. The molecule has 16 heavy (non-hydrogen) atoms. The molecule has 4 nitrogen and oxygen atoms in total. The topological polar surface area (TPSA) is 32.6 Å². The van der Waals surface area contributed by atoms with Crippen molar-refractivity contribution < 1.29 is 0 Å². The fourth-order valence-electron chi connectivity index (χ4n) is 1.64. The standard InChI is InChI=1S/C11H18N4S/c1-8(2)12-7-9-10(14(3)4)13-11-15(9)5-6-16-11/h5-6,8,12H,7H2,1-4H3. The second-order valence-corrected chi connectivity index (χ2v) is 5.24. The van der Waals surface area contributed by atoms with Crippen LogP contribution in [0, 0.1) is 0 Å². The second kappa shape index (κ2) is 4.43. The normalized spacial score (nSPS) is 11.6. The van der Waals surface area contributed by atoms with Gasteiger partial charge in [0.15, 0.2) is 10.8 Å². The molecule has 0 radical (unpaired) electrons. The minimum Gasteiger partial charge on any atom is -0.361 e. The first-order valence-electron chi connectivity index (χ1n) is 5.44. The van der Waals surface area contributed by atoms with Crippen LogP contribution in [-0.2, 0) is 6.54 Å². The van der Waals surface area contributed by atoms with E-state index in [4.69, 9.17) is 0 Å². The van der Waals surface area contributed by atoms with Crippen LogP contribution in [0.25, 0.3) is 4.96 Å². The van der Waals surface area contributed by atoms with Gasteiger partial charge in [-0.3, -0.25) is 4.40 Å². The summed E-state index contributed by atoms with van der Waals surface area (Å²) in [5.41, 5.74) is 1.23. The maximum Gasteiger partial charge on any atom is 0.195 e. The highest BCUT2D eigenvalue weighted by molar-refractivity contribution is 7.15. The molecule has 0 fully saturated rings. The number of thiazole rings is 1. The number of hydrogen-bond donors (Lipinski definition) is 1. The van der Waals surface area contributed by atoms with Crippen molar-refractivity contribution in [1.82, 2.24) is 14.7 Å². The first kappa shape index (κ1) is 11.4. The summed E-state index contributed by atoms with van der Waals surface area (Å²) >= 11 is 1.67. The molecule has 0 unspecified atom stereocenters. The number of aromatic nitrogens is 2. The minimum absolute atomic E-state index is 0.485. The summed E-state index contributed by atoms with van der Waals surface area (Å²) in [6, 6.07) is 0.485. The molecule has 2 rings (SSSR count). The Hall–Kier alpha value is -1.07. The van der Waals surface area contributed by atoms with Gasteiger partial charge >= 0.3 is 0 Å². The van der Waals surface area contributed by atoms with Gasteiger partial charge in [-0.05, 0) is 0 Å². The zero-order valence-electron chi connectivity index (χ0n) is 10.2. The van der Waals surface area contributed by atoms with Gasteiger partial charge in [0.25, 0.3) is 0 Å². The van der Waals surface area contributed by atoms with E-state index in [0.717, 1.165) is 17.3 Å². The smallest absolute Gasteiger partial charge is 0.195 e. The Kier molecular flexibility index (Phi) is 3.16. The van der Waals surface area contributed by atoms with E-state index in [2.05, 4.69) is 45.0 Å². The quantitative estimate of drug-likeness (QED) is 0.884. The third-order valence-electron chi connectivity index (χ3n) is 2.44. The molecular weight excluding hydrogens is 220 g/mol. The molecule has 0 amide bonds. The Morgan fingerprint density at radius 2 is 2.25 bits per heavy atom. The maximum atomic E-state index is 4.62. The zero-order valence-corrected chi connectivity index (χ0v) is 11.0. The Morgan fingerprint density at radius 3 is 2.88 bits per heavy atom. The van der Waals surface area contributed by atoms with Crippen molar-refractivity contribution in [3.63, 3.8) is 0 Å². The van der Waals surface area contributed by atoms with Crippen LogP contribution in [0.4, 0.5) is 5.82 Å². The first-order valence-corrected chi connectivity index (χ1v) is 6.32. The monoisotopic (exact) mass is 238 g/mol. The Labute approximate surface area is 99.9 Å². The van der Waals surface area contributed by atoms with Gasteiger partial charge in [0.1, 0.15) is 0 Å². The third kappa shape index (κ3) is 2.05. The molecule has 2 aromatic rings. The lowest BCUT2D eigenvalue weighted by Crippen LogP contribution is -2.24. The summed E-state index contributed by atoms with van der Waals surface area (Å²) in [5, 5.41) is 5.51. The van der Waals surface area contributed by atoms with Crippen LogP contribution in [0.2, 0.25) is 0 Å². The molecular formula is C11H18N4S. The van der Waals surface area contributed by atoms with Crippen LogP contribution >= 0.6 is 11.3 Å². The average Bonchev–Trinajstić information content (AvgIpc) is 2.73. The fourth-order valence-corrected chi connectivity index (χ4v) is 2.37. The summed E-state index contributed by atoms with van der Waals surface area (Å²) in [7, 11) is 4.07. The molecule has 0 spiro atoms. The summed E-state index contributed by atoms with van der Waals surface area (Å²) in [4.78, 5) is 7.74. The molecule has 0 atom stereocenters. The van der Waals surface area contributed by atoms with Crippen LogP contribution in [-0.4, -0.2) is 29.5 Å². The van der Waals surface area contributed by atoms with Gasteiger partial charge in [0.05, 0.1) is 5.69 Å². The Morgan fingerprint density at radius 1 is 1.50 bits per heavy atom. The molecule has 0 bridgehead atoms. The summed E-state index contributed by atoms with van der Waals surface area (Å²) < 4.78 is 2.16. The molecule has 0 aliphatic heterocycles.